The Kier molecular flexibility index (Phi) is 3.97. The van der Waals surface area contributed by atoms with Crippen LogP contribution in [0.15, 0.2) is 24.3 Å². The largest absolute Gasteiger partial charge is 0.316 e. The van der Waals surface area contributed by atoms with Crippen LogP contribution in [0.5, 0.6) is 0 Å². The van der Waals surface area contributed by atoms with Gasteiger partial charge in [-0.3, -0.25) is 0 Å². The first-order valence-corrected chi connectivity index (χ1v) is 6.17. The van der Waals surface area contributed by atoms with E-state index >= 15 is 0 Å². The van der Waals surface area contributed by atoms with E-state index in [0.29, 0.717) is 0 Å². The van der Waals surface area contributed by atoms with Gasteiger partial charge in [-0.05, 0) is 57.1 Å². The van der Waals surface area contributed by atoms with Crippen LogP contribution in [0.25, 0.3) is 0 Å². The molecular formula is C14H22N2. The number of nitrogens with one attached hydrogen (secondary N) is 1. The monoisotopic (exact) mass is 218 g/mol. The van der Waals surface area contributed by atoms with Crippen molar-refractivity contribution in [1.29, 1.82) is 0 Å². The van der Waals surface area contributed by atoms with Crippen LogP contribution < -0.4 is 5.32 Å². The molecule has 16 heavy (non-hydrogen) atoms. The van der Waals surface area contributed by atoms with E-state index in [0.717, 1.165) is 12.5 Å². The number of rotatable bonds is 4. The highest BCUT2D eigenvalue weighted by Gasteiger charge is 2.14. The first kappa shape index (κ1) is 11.6. The molecule has 0 aliphatic carbocycles. The Morgan fingerprint density at radius 3 is 2.81 bits per heavy atom. The third kappa shape index (κ3) is 3.32. The molecule has 1 unspecified atom stereocenters. The molecular weight excluding hydrogens is 196 g/mol. The van der Waals surface area contributed by atoms with Crippen LogP contribution in [0.4, 0.5) is 0 Å². The van der Waals surface area contributed by atoms with E-state index < -0.39 is 0 Å². The molecule has 1 saturated heterocycles. The van der Waals surface area contributed by atoms with Gasteiger partial charge in [-0.2, -0.15) is 0 Å². The molecule has 1 N–H and O–H groups in total. The summed E-state index contributed by atoms with van der Waals surface area (Å²) in [4.78, 5) is 2.22. The summed E-state index contributed by atoms with van der Waals surface area (Å²) in [6.45, 7) is 3.43. The van der Waals surface area contributed by atoms with Crippen molar-refractivity contribution in [3.05, 3.63) is 35.4 Å². The van der Waals surface area contributed by atoms with Crippen molar-refractivity contribution in [3.8, 4) is 0 Å². The summed E-state index contributed by atoms with van der Waals surface area (Å²) < 4.78 is 0. The lowest BCUT2D eigenvalue weighted by molar-refractivity contribution is 0.402. The van der Waals surface area contributed by atoms with Crippen LogP contribution in [0, 0.1) is 5.92 Å². The van der Waals surface area contributed by atoms with Crippen LogP contribution in [0.3, 0.4) is 0 Å². The maximum atomic E-state index is 3.43. The topological polar surface area (TPSA) is 15.3 Å². The second kappa shape index (κ2) is 5.46. The quantitative estimate of drug-likeness (QED) is 0.830. The molecule has 0 saturated carbocycles. The van der Waals surface area contributed by atoms with E-state index in [9.17, 15) is 0 Å². The smallest absolute Gasteiger partial charge is 0.0227 e. The van der Waals surface area contributed by atoms with Crippen molar-refractivity contribution in [2.45, 2.75) is 19.4 Å². The van der Waals surface area contributed by atoms with Gasteiger partial charge in [0.25, 0.3) is 0 Å². The molecule has 2 heteroatoms. The standard InChI is InChI=1S/C14H22N2/c1-16(2)11-14-5-3-4-12(9-14)8-13-6-7-15-10-13/h3-5,9,13,15H,6-8,10-11H2,1-2H3. The first-order valence-electron chi connectivity index (χ1n) is 6.17. The molecule has 88 valence electrons. The Morgan fingerprint density at radius 1 is 1.31 bits per heavy atom. The minimum absolute atomic E-state index is 0.842. The highest BCUT2D eigenvalue weighted by atomic mass is 15.0. The van der Waals surface area contributed by atoms with Crippen molar-refractivity contribution >= 4 is 0 Å². The molecule has 2 rings (SSSR count). The summed E-state index contributed by atoms with van der Waals surface area (Å²) in [7, 11) is 4.24. The lowest BCUT2D eigenvalue weighted by Gasteiger charge is -2.12. The van der Waals surface area contributed by atoms with Gasteiger partial charge in [0.15, 0.2) is 0 Å². The minimum atomic E-state index is 0.842. The maximum absolute atomic E-state index is 3.43. The summed E-state index contributed by atoms with van der Waals surface area (Å²) in [6, 6.07) is 9.03. The predicted molar refractivity (Wildman–Crippen MR) is 68.5 cm³/mol. The van der Waals surface area contributed by atoms with Gasteiger partial charge in [0.2, 0.25) is 0 Å². The number of benzene rings is 1. The molecule has 0 aromatic heterocycles. The first-order chi connectivity index (χ1) is 7.74. The highest BCUT2D eigenvalue weighted by molar-refractivity contribution is 5.24. The number of hydrogen-bond donors (Lipinski definition) is 1. The number of nitrogens with zero attached hydrogens (tertiary/aromatic N) is 1. The van der Waals surface area contributed by atoms with Crippen LogP contribution >= 0.6 is 0 Å². The second-order valence-corrected chi connectivity index (χ2v) is 5.12. The molecule has 0 bridgehead atoms. The Labute approximate surface area is 98.7 Å². The molecule has 1 atom stereocenters. The Morgan fingerprint density at radius 2 is 2.12 bits per heavy atom. The molecule has 0 amide bonds. The van der Waals surface area contributed by atoms with Crippen LogP contribution in [0.1, 0.15) is 17.5 Å². The van der Waals surface area contributed by atoms with Crippen LogP contribution in [-0.2, 0) is 13.0 Å². The van der Waals surface area contributed by atoms with Crippen molar-refractivity contribution in [3.63, 3.8) is 0 Å². The molecule has 1 heterocycles. The zero-order chi connectivity index (χ0) is 11.4. The maximum Gasteiger partial charge on any atom is 0.0227 e. The van der Waals surface area contributed by atoms with Gasteiger partial charge in [-0.1, -0.05) is 24.3 Å². The SMILES string of the molecule is CN(C)Cc1cccc(CC2CCNC2)c1. The van der Waals surface area contributed by atoms with Gasteiger partial charge in [-0.25, -0.2) is 0 Å². The average Bonchev–Trinajstić information content (AvgIpc) is 2.70. The fourth-order valence-corrected chi connectivity index (χ4v) is 2.44. The molecule has 0 spiro atoms. The zero-order valence-corrected chi connectivity index (χ0v) is 10.4. The van der Waals surface area contributed by atoms with E-state index in [1.807, 2.05) is 0 Å². The Balaban J connectivity index is 1.97. The van der Waals surface area contributed by atoms with Gasteiger partial charge >= 0.3 is 0 Å². The van der Waals surface area contributed by atoms with Gasteiger partial charge < -0.3 is 10.2 Å². The number of hydrogen-bond acceptors (Lipinski definition) is 2. The molecule has 1 aromatic rings. The third-order valence-corrected chi connectivity index (χ3v) is 3.18. The highest BCUT2D eigenvalue weighted by Crippen LogP contribution is 2.16. The van der Waals surface area contributed by atoms with Crippen molar-refractivity contribution in [2.24, 2.45) is 5.92 Å². The fraction of sp³-hybridized carbons (Fsp3) is 0.571. The summed E-state index contributed by atoms with van der Waals surface area (Å²) >= 11 is 0. The van der Waals surface area contributed by atoms with Gasteiger partial charge in [-0.15, -0.1) is 0 Å². The summed E-state index contributed by atoms with van der Waals surface area (Å²) in [6.07, 6.45) is 2.56. The van der Waals surface area contributed by atoms with Crippen molar-refractivity contribution < 1.29 is 0 Å². The van der Waals surface area contributed by atoms with E-state index in [-0.39, 0.29) is 0 Å². The fourth-order valence-electron chi connectivity index (χ4n) is 2.44. The molecule has 0 radical (unpaired) electrons. The molecule has 2 nitrogen and oxygen atoms in total. The summed E-state index contributed by atoms with van der Waals surface area (Å²) in [5.41, 5.74) is 2.92. The van der Waals surface area contributed by atoms with Crippen molar-refractivity contribution in [2.75, 3.05) is 27.2 Å². The summed E-state index contributed by atoms with van der Waals surface area (Å²) in [5, 5.41) is 3.43. The molecule has 1 aromatic carbocycles. The average molecular weight is 218 g/mol. The Hall–Kier alpha value is -0.860. The minimum Gasteiger partial charge on any atom is -0.316 e. The molecule has 1 aliphatic heterocycles. The van der Waals surface area contributed by atoms with E-state index in [1.54, 1.807) is 0 Å². The lowest BCUT2D eigenvalue weighted by atomic mass is 9.97. The second-order valence-electron chi connectivity index (χ2n) is 5.12. The third-order valence-electron chi connectivity index (χ3n) is 3.18. The molecule has 1 aliphatic rings. The van der Waals surface area contributed by atoms with Crippen molar-refractivity contribution in [1.82, 2.24) is 10.2 Å². The zero-order valence-electron chi connectivity index (χ0n) is 10.4. The normalized spacial score (nSPS) is 20.6. The van der Waals surface area contributed by atoms with Gasteiger partial charge in [0, 0.05) is 6.54 Å². The van der Waals surface area contributed by atoms with Gasteiger partial charge in [0.05, 0.1) is 0 Å². The Bertz CT molecular complexity index is 327. The van der Waals surface area contributed by atoms with E-state index in [2.05, 4.69) is 48.6 Å². The lowest BCUT2D eigenvalue weighted by Crippen LogP contribution is -2.12. The van der Waals surface area contributed by atoms with Crippen LogP contribution in [0.2, 0.25) is 0 Å². The van der Waals surface area contributed by atoms with E-state index in [1.165, 1.54) is 37.1 Å². The molecule has 1 fully saturated rings. The van der Waals surface area contributed by atoms with Gasteiger partial charge in [0.1, 0.15) is 0 Å². The summed E-state index contributed by atoms with van der Waals surface area (Å²) in [5.74, 6) is 0.842. The van der Waals surface area contributed by atoms with E-state index in [4.69, 9.17) is 0 Å². The van der Waals surface area contributed by atoms with Crippen LogP contribution in [-0.4, -0.2) is 32.1 Å². The predicted octanol–water partition coefficient (Wildman–Crippen LogP) is 1.90.